The molecule has 0 aliphatic carbocycles. The molecule has 134 valence electrons. The maximum absolute atomic E-state index is 13.6. The number of halogens is 2. The van der Waals surface area contributed by atoms with Crippen LogP contribution in [0.15, 0.2) is 30.6 Å². The van der Waals surface area contributed by atoms with Gasteiger partial charge in [-0.05, 0) is 32.0 Å². The highest BCUT2D eigenvalue weighted by atomic mass is 19.1. The Hall–Kier alpha value is -3.01. The Balaban J connectivity index is 1.79. The van der Waals surface area contributed by atoms with Crippen LogP contribution in [0.4, 0.5) is 19.5 Å². The average Bonchev–Trinajstić information content (AvgIpc) is 2.59. The highest BCUT2D eigenvalue weighted by molar-refractivity contribution is 5.86. The van der Waals surface area contributed by atoms with Crippen molar-refractivity contribution in [1.82, 2.24) is 9.97 Å². The molecule has 26 heavy (non-hydrogen) atoms. The highest BCUT2D eigenvalue weighted by Crippen LogP contribution is 2.29. The van der Waals surface area contributed by atoms with Crippen molar-refractivity contribution in [2.24, 2.45) is 5.92 Å². The molecule has 1 unspecified atom stereocenters. The van der Waals surface area contributed by atoms with Crippen molar-refractivity contribution in [2.45, 2.75) is 26.4 Å². The summed E-state index contributed by atoms with van der Waals surface area (Å²) in [6, 6.07) is 3.06. The number of anilines is 1. The Labute approximate surface area is 150 Å². The number of cyclic esters (lactones) is 1. The van der Waals surface area contributed by atoms with Crippen LogP contribution in [-0.4, -0.2) is 28.2 Å². The summed E-state index contributed by atoms with van der Waals surface area (Å²) >= 11 is 0. The first-order valence-electron chi connectivity index (χ1n) is 8.06. The van der Waals surface area contributed by atoms with E-state index in [1.807, 2.05) is 20.8 Å². The maximum Gasteiger partial charge on any atom is 0.417 e. The molecule has 0 saturated carbocycles. The van der Waals surface area contributed by atoms with Gasteiger partial charge in [-0.3, -0.25) is 0 Å². The molecule has 0 spiro atoms. The summed E-state index contributed by atoms with van der Waals surface area (Å²) in [5, 5.41) is 0. The van der Waals surface area contributed by atoms with E-state index in [9.17, 15) is 13.6 Å². The van der Waals surface area contributed by atoms with Crippen LogP contribution in [0.5, 0.6) is 0 Å². The van der Waals surface area contributed by atoms with Gasteiger partial charge in [0.1, 0.15) is 17.2 Å². The van der Waals surface area contributed by atoms with E-state index in [4.69, 9.17) is 4.74 Å². The average molecular weight is 357 g/mol. The van der Waals surface area contributed by atoms with Crippen molar-refractivity contribution >= 4 is 12.0 Å². The van der Waals surface area contributed by atoms with Crippen LogP contribution < -0.4 is 4.90 Å². The van der Waals surface area contributed by atoms with Crippen LogP contribution in [0.1, 0.15) is 31.9 Å². The van der Waals surface area contributed by atoms with E-state index in [-0.39, 0.29) is 17.4 Å². The van der Waals surface area contributed by atoms with Crippen LogP contribution in [0, 0.1) is 29.4 Å². The van der Waals surface area contributed by atoms with Gasteiger partial charge in [-0.15, -0.1) is 0 Å². The molecule has 1 aliphatic rings. The van der Waals surface area contributed by atoms with E-state index in [0.717, 1.165) is 18.2 Å². The zero-order chi connectivity index (χ0) is 18.9. The van der Waals surface area contributed by atoms with Gasteiger partial charge in [0.15, 0.2) is 0 Å². The van der Waals surface area contributed by atoms with Gasteiger partial charge in [-0.1, -0.05) is 18.8 Å². The number of hydrogen-bond acceptors (Lipinski definition) is 4. The van der Waals surface area contributed by atoms with Crippen LogP contribution in [0.25, 0.3) is 0 Å². The second-order valence-corrected chi connectivity index (χ2v) is 6.63. The number of nitrogens with zero attached hydrogens (tertiary/aromatic N) is 3. The summed E-state index contributed by atoms with van der Waals surface area (Å²) in [7, 11) is 0. The minimum atomic E-state index is -0.607. The molecule has 2 aromatic rings. The molecule has 5 nitrogen and oxygen atoms in total. The molecule has 1 atom stereocenters. The standard InChI is InChI=1S/C19H17F2N3O2/c1-12-11-24(18(25)26-19(12,2)3)17-22-9-13(10-23-17)4-5-14-8-15(20)6-7-16(14)21/h6-10,12H,11H2,1-3H3. The first-order valence-corrected chi connectivity index (χ1v) is 8.06. The molecule has 7 heteroatoms. The third-order valence-electron chi connectivity index (χ3n) is 4.36. The quantitative estimate of drug-likeness (QED) is 0.733. The van der Waals surface area contributed by atoms with Gasteiger partial charge in [0, 0.05) is 24.9 Å². The summed E-state index contributed by atoms with van der Waals surface area (Å²) < 4.78 is 32.1. The molecule has 2 heterocycles. The van der Waals surface area contributed by atoms with E-state index in [1.165, 1.54) is 17.3 Å². The van der Waals surface area contributed by atoms with Crippen LogP contribution >= 0.6 is 0 Å². The van der Waals surface area contributed by atoms with Gasteiger partial charge >= 0.3 is 6.09 Å². The van der Waals surface area contributed by atoms with Crippen molar-refractivity contribution in [3.63, 3.8) is 0 Å². The monoisotopic (exact) mass is 357 g/mol. The second-order valence-electron chi connectivity index (χ2n) is 6.63. The maximum atomic E-state index is 13.6. The minimum absolute atomic E-state index is 0.0512. The van der Waals surface area contributed by atoms with Crippen LogP contribution in [0.3, 0.4) is 0 Å². The van der Waals surface area contributed by atoms with Crippen LogP contribution in [0.2, 0.25) is 0 Å². The largest absolute Gasteiger partial charge is 0.443 e. The van der Waals surface area contributed by atoms with Crippen molar-refractivity contribution < 1.29 is 18.3 Å². The number of carbonyl (C=O) groups is 1. The zero-order valence-electron chi connectivity index (χ0n) is 14.6. The summed E-state index contributed by atoms with van der Waals surface area (Å²) in [6.07, 6.45) is 2.34. The fourth-order valence-corrected chi connectivity index (χ4v) is 2.37. The normalized spacial score (nSPS) is 18.7. The number of aromatic nitrogens is 2. The van der Waals surface area contributed by atoms with E-state index in [2.05, 4.69) is 21.8 Å². The molecular weight excluding hydrogens is 340 g/mol. The summed E-state index contributed by atoms with van der Waals surface area (Å²) in [4.78, 5) is 21.8. The second kappa shape index (κ2) is 6.71. The van der Waals surface area contributed by atoms with Crippen molar-refractivity contribution in [2.75, 3.05) is 11.4 Å². The number of hydrogen-bond donors (Lipinski definition) is 0. The van der Waals surface area contributed by atoms with Gasteiger partial charge in [0.05, 0.1) is 11.1 Å². The van der Waals surface area contributed by atoms with E-state index < -0.39 is 23.3 Å². The Morgan fingerprint density at radius 2 is 1.92 bits per heavy atom. The Bertz CT molecular complexity index is 901. The lowest BCUT2D eigenvalue weighted by atomic mass is 9.91. The third kappa shape index (κ3) is 3.64. The predicted octanol–water partition coefficient (Wildman–Crippen LogP) is 3.53. The molecule has 1 fully saturated rings. The molecule has 0 radical (unpaired) electrons. The van der Waals surface area contributed by atoms with Crippen LogP contribution in [-0.2, 0) is 4.74 Å². The van der Waals surface area contributed by atoms with Gasteiger partial charge in [-0.2, -0.15) is 0 Å². The molecule has 1 aromatic heterocycles. The van der Waals surface area contributed by atoms with E-state index >= 15 is 0 Å². The molecular formula is C19H17F2N3O2. The molecule has 1 aliphatic heterocycles. The zero-order valence-corrected chi connectivity index (χ0v) is 14.6. The lowest BCUT2D eigenvalue weighted by Gasteiger charge is -2.40. The first-order chi connectivity index (χ1) is 12.3. The van der Waals surface area contributed by atoms with Gasteiger partial charge in [0.2, 0.25) is 5.95 Å². The number of rotatable bonds is 1. The third-order valence-corrected chi connectivity index (χ3v) is 4.36. The fraction of sp³-hybridized carbons (Fsp3) is 0.316. The SMILES string of the molecule is CC1CN(c2ncc(C#Cc3cc(F)ccc3F)cn2)C(=O)OC1(C)C. The number of amides is 1. The molecule has 1 saturated heterocycles. The number of ether oxygens (including phenoxy) is 1. The topological polar surface area (TPSA) is 55.3 Å². The minimum Gasteiger partial charge on any atom is -0.443 e. The van der Waals surface area contributed by atoms with Crippen molar-refractivity contribution in [3.8, 4) is 11.8 Å². The van der Waals surface area contributed by atoms with Crippen molar-refractivity contribution in [1.29, 1.82) is 0 Å². The van der Waals surface area contributed by atoms with Gasteiger partial charge < -0.3 is 4.74 Å². The molecule has 1 amide bonds. The summed E-state index contributed by atoms with van der Waals surface area (Å²) in [6.45, 7) is 6.13. The van der Waals surface area contributed by atoms with E-state index in [0.29, 0.717) is 12.1 Å². The smallest absolute Gasteiger partial charge is 0.417 e. The lowest BCUT2D eigenvalue weighted by Crippen LogP contribution is -2.52. The Morgan fingerprint density at radius 1 is 1.23 bits per heavy atom. The fourth-order valence-electron chi connectivity index (χ4n) is 2.37. The van der Waals surface area contributed by atoms with Gasteiger partial charge in [-0.25, -0.2) is 28.4 Å². The molecule has 0 N–H and O–H groups in total. The molecule has 1 aromatic carbocycles. The van der Waals surface area contributed by atoms with E-state index in [1.54, 1.807) is 0 Å². The lowest BCUT2D eigenvalue weighted by molar-refractivity contribution is -0.0127. The summed E-state index contributed by atoms with van der Waals surface area (Å²) in [5.74, 6) is 4.35. The van der Waals surface area contributed by atoms with Gasteiger partial charge in [0.25, 0.3) is 0 Å². The number of carbonyl (C=O) groups excluding carboxylic acids is 1. The molecule has 3 rings (SSSR count). The molecule has 0 bridgehead atoms. The Kier molecular flexibility index (Phi) is 4.60. The highest BCUT2D eigenvalue weighted by Gasteiger charge is 2.40. The summed E-state index contributed by atoms with van der Waals surface area (Å²) in [5.41, 5.74) is -0.186. The first kappa shape index (κ1) is 17.8. The Morgan fingerprint density at radius 3 is 2.62 bits per heavy atom. The number of benzene rings is 1. The van der Waals surface area contributed by atoms with Crippen molar-refractivity contribution in [3.05, 3.63) is 53.4 Å². The predicted molar refractivity (Wildman–Crippen MR) is 91.4 cm³/mol.